The van der Waals surface area contributed by atoms with E-state index in [2.05, 4.69) is 10.4 Å². The SMILES string of the molecule is CCc1c(C(=O)NCCCC(N)=O)cnn1-c1cccc(Cl)c1. The van der Waals surface area contributed by atoms with Gasteiger partial charge in [0.2, 0.25) is 5.91 Å². The zero-order valence-electron chi connectivity index (χ0n) is 12.9. The van der Waals surface area contributed by atoms with Crippen LogP contribution in [0.15, 0.2) is 30.5 Å². The van der Waals surface area contributed by atoms with Gasteiger partial charge in [-0.1, -0.05) is 24.6 Å². The largest absolute Gasteiger partial charge is 0.370 e. The minimum absolute atomic E-state index is 0.209. The molecule has 0 atom stereocenters. The Hall–Kier alpha value is -2.34. The first-order valence-corrected chi connectivity index (χ1v) is 7.80. The second-order valence-corrected chi connectivity index (χ2v) is 5.51. The smallest absolute Gasteiger partial charge is 0.254 e. The second-order valence-electron chi connectivity index (χ2n) is 5.08. The number of nitrogens with two attached hydrogens (primary N) is 1. The summed E-state index contributed by atoms with van der Waals surface area (Å²) in [4.78, 5) is 23.0. The first-order chi connectivity index (χ1) is 11.0. The van der Waals surface area contributed by atoms with Gasteiger partial charge in [0.25, 0.3) is 5.91 Å². The number of nitrogens with zero attached hydrogens (tertiary/aromatic N) is 2. The van der Waals surface area contributed by atoms with Gasteiger partial charge in [0.1, 0.15) is 0 Å². The van der Waals surface area contributed by atoms with Crippen LogP contribution < -0.4 is 11.1 Å². The van der Waals surface area contributed by atoms with Gasteiger partial charge in [-0.05, 0) is 31.0 Å². The van der Waals surface area contributed by atoms with Gasteiger partial charge < -0.3 is 11.1 Å². The molecule has 0 spiro atoms. The van der Waals surface area contributed by atoms with E-state index in [1.807, 2.05) is 19.1 Å². The molecule has 2 rings (SSSR count). The predicted octanol–water partition coefficient (Wildman–Crippen LogP) is 2.08. The molecular weight excluding hydrogens is 316 g/mol. The Morgan fingerprint density at radius 1 is 1.39 bits per heavy atom. The highest BCUT2D eigenvalue weighted by Crippen LogP contribution is 2.19. The molecule has 0 unspecified atom stereocenters. The van der Waals surface area contributed by atoms with Crippen LogP contribution in [0.5, 0.6) is 0 Å². The summed E-state index contributed by atoms with van der Waals surface area (Å²) in [5.41, 5.74) is 7.20. The average Bonchev–Trinajstić information content (AvgIpc) is 2.95. The van der Waals surface area contributed by atoms with Crippen LogP contribution in [0.25, 0.3) is 5.69 Å². The maximum absolute atomic E-state index is 12.3. The van der Waals surface area contributed by atoms with E-state index in [4.69, 9.17) is 17.3 Å². The minimum Gasteiger partial charge on any atom is -0.370 e. The highest BCUT2D eigenvalue weighted by molar-refractivity contribution is 6.30. The molecular formula is C16H19ClN4O2. The minimum atomic E-state index is -0.373. The molecule has 0 radical (unpaired) electrons. The van der Waals surface area contributed by atoms with Crippen molar-refractivity contribution in [2.45, 2.75) is 26.2 Å². The van der Waals surface area contributed by atoms with Crippen LogP contribution in [0, 0.1) is 0 Å². The number of halogens is 1. The highest BCUT2D eigenvalue weighted by Gasteiger charge is 2.17. The number of carbonyl (C=O) groups is 2. The Kier molecular flexibility index (Phi) is 5.76. The number of carbonyl (C=O) groups excluding carboxylic acids is 2. The lowest BCUT2D eigenvalue weighted by molar-refractivity contribution is -0.118. The first-order valence-electron chi connectivity index (χ1n) is 7.42. The first kappa shape index (κ1) is 17.0. The molecule has 0 saturated carbocycles. The normalized spacial score (nSPS) is 10.5. The van der Waals surface area contributed by atoms with Gasteiger partial charge in [-0.15, -0.1) is 0 Å². The van der Waals surface area contributed by atoms with Crippen molar-refractivity contribution in [3.8, 4) is 5.69 Å². The Balaban J connectivity index is 2.14. The van der Waals surface area contributed by atoms with Gasteiger partial charge in [0, 0.05) is 18.0 Å². The lowest BCUT2D eigenvalue weighted by atomic mass is 10.2. The molecule has 1 aromatic heterocycles. The maximum Gasteiger partial charge on any atom is 0.254 e. The van der Waals surface area contributed by atoms with Gasteiger partial charge in [0.15, 0.2) is 0 Å². The lowest BCUT2D eigenvalue weighted by Crippen LogP contribution is -2.26. The number of hydrogen-bond donors (Lipinski definition) is 2. The van der Waals surface area contributed by atoms with Crippen molar-refractivity contribution in [2.24, 2.45) is 5.73 Å². The molecule has 3 N–H and O–H groups in total. The van der Waals surface area contributed by atoms with E-state index >= 15 is 0 Å². The fraction of sp³-hybridized carbons (Fsp3) is 0.312. The number of rotatable bonds is 7. The van der Waals surface area contributed by atoms with Crippen molar-refractivity contribution in [2.75, 3.05) is 6.54 Å². The summed E-state index contributed by atoms with van der Waals surface area (Å²) < 4.78 is 1.71. The molecule has 0 fully saturated rings. The summed E-state index contributed by atoms with van der Waals surface area (Å²) in [6, 6.07) is 7.30. The number of benzene rings is 1. The van der Waals surface area contributed by atoms with E-state index in [0.717, 1.165) is 11.4 Å². The number of aromatic nitrogens is 2. The maximum atomic E-state index is 12.3. The molecule has 1 aromatic carbocycles. The van der Waals surface area contributed by atoms with Crippen molar-refractivity contribution in [3.63, 3.8) is 0 Å². The Morgan fingerprint density at radius 2 is 2.17 bits per heavy atom. The van der Waals surface area contributed by atoms with Crippen LogP contribution in [-0.4, -0.2) is 28.1 Å². The highest BCUT2D eigenvalue weighted by atomic mass is 35.5. The van der Waals surface area contributed by atoms with E-state index in [0.29, 0.717) is 30.0 Å². The third-order valence-corrected chi connectivity index (χ3v) is 3.62. The van der Waals surface area contributed by atoms with Gasteiger partial charge >= 0.3 is 0 Å². The second kappa shape index (κ2) is 7.78. The standard InChI is InChI=1S/C16H19ClN4O2/c1-2-14-13(16(23)19-8-4-7-15(18)22)10-20-21(14)12-6-3-5-11(17)9-12/h3,5-6,9-10H,2,4,7-8H2,1H3,(H2,18,22)(H,19,23). The van der Waals surface area contributed by atoms with Crippen molar-refractivity contribution in [1.82, 2.24) is 15.1 Å². The van der Waals surface area contributed by atoms with Crippen LogP contribution in [0.4, 0.5) is 0 Å². The molecule has 2 aromatic rings. The molecule has 7 heteroatoms. The van der Waals surface area contributed by atoms with Crippen molar-refractivity contribution in [1.29, 1.82) is 0 Å². The quantitative estimate of drug-likeness (QED) is 0.759. The molecule has 1 heterocycles. The van der Waals surface area contributed by atoms with Crippen LogP contribution in [0.2, 0.25) is 5.02 Å². The number of amides is 2. The zero-order chi connectivity index (χ0) is 16.8. The van der Waals surface area contributed by atoms with Crippen molar-refractivity contribution in [3.05, 3.63) is 46.7 Å². The zero-order valence-corrected chi connectivity index (χ0v) is 13.6. The van der Waals surface area contributed by atoms with Crippen LogP contribution in [0.3, 0.4) is 0 Å². The number of primary amides is 1. The third kappa shape index (κ3) is 4.32. The monoisotopic (exact) mass is 334 g/mol. The van der Waals surface area contributed by atoms with E-state index < -0.39 is 0 Å². The van der Waals surface area contributed by atoms with Crippen LogP contribution in [0.1, 0.15) is 35.8 Å². The molecule has 0 aliphatic heterocycles. The Labute approximate surface area is 139 Å². The molecule has 6 nitrogen and oxygen atoms in total. The molecule has 0 aliphatic carbocycles. The summed E-state index contributed by atoms with van der Waals surface area (Å²) in [7, 11) is 0. The summed E-state index contributed by atoms with van der Waals surface area (Å²) in [5.74, 6) is -0.582. The Bertz CT molecular complexity index is 712. The van der Waals surface area contributed by atoms with Crippen LogP contribution >= 0.6 is 11.6 Å². The molecule has 122 valence electrons. The van der Waals surface area contributed by atoms with Gasteiger partial charge in [-0.25, -0.2) is 4.68 Å². The predicted molar refractivity (Wildman–Crippen MR) is 88.7 cm³/mol. The van der Waals surface area contributed by atoms with E-state index in [-0.39, 0.29) is 18.2 Å². The van der Waals surface area contributed by atoms with Crippen LogP contribution in [-0.2, 0) is 11.2 Å². The fourth-order valence-electron chi connectivity index (χ4n) is 2.29. The summed E-state index contributed by atoms with van der Waals surface area (Å²) in [6.45, 7) is 2.36. The molecule has 0 aliphatic rings. The summed E-state index contributed by atoms with van der Waals surface area (Å²) in [6.07, 6.45) is 2.97. The summed E-state index contributed by atoms with van der Waals surface area (Å²) >= 11 is 6.01. The van der Waals surface area contributed by atoms with Crippen molar-refractivity contribution < 1.29 is 9.59 Å². The molecule has 0 saturated heterocycles. The van der Waals surface area contributed by atoms with Gasteiger partial charge in [0.05, 0.1) is 23.1 Å². The third-order valence-electron chi connectivity index (χ3n) is 3.39. The van der Waals surface area contributed by atoms with Gasteiger partial charge in [-0.2, -0.15) is 5.10 Å². The average molecular weight is 335 g/mol. The fourth-order valence-corrected chi connectivity index (χ4v) is 2.48. The van der Waals surface area contributed by atoms with Gasteiger partial charge in [-0.3, -0.25) is 9.59 Å². The Morgan fingerprint density at radius 3 is 2.83 bits per heavy atom. The molecule has 0 bridgehead atoms. The topological polar surface area (TPSA) is 90.0 Å². The number of nitrogens with one attached hydrogen (secondary N) is 1. The lowest BCUT2D eigenvalue weighted by Gasteiger charge is -2.08. The van der Waals surface area contributed by atoms with E-state index in [9.17, 15) is 9.59 Å². The molecule has 2 amide bonds. The van der Waals surface area contributed by atoms with E-state index in [1.54, 1.807) is 23.0 Å². The van der Waals surface area contributed by atoms with Crippen molar-refractivity contribution >= 4 is 23.4 Å². The summed E-state index contributed by atoms with van der Waals surface area (Å²) in [5, 5.41) is 7.69. The number of hydrogen-bond acceptors (Lipinski definition) is 3. The van der Waals surface area contributed by atoms with E-state index in [1.165, 1.54) is 0 Å². The molecule has 23 heavy (non-hydrogen) atoms.